The third-order valence-corrected chi connectivity index (χ3v) is 2.87. The third-order valence-electron chi connectivity index (χ3n) is 1.99. The Labute approximate surface area is 96.6 Å². The van der Waals surface area contributed by atoms with E-state index in [0.29, 0.717) is 5.76 Å². The first-order valence-corrected chi connectivity index (χ1v) is 5.57. The number of hydrogen-bond acceptors (Lipinski definition) is 5. The van der Waals surface area contributed by atoms with E-state index >= 15 is 0 Å². The number of aryl methyl sites for hydroxylation is 1. The van der Waals surface area contributed by atoms with Crippen molar-refractivity contribution in [2.75, 3.05) is 5.32 Å². The number of carbonyl (C=O) groups is 1. The van der Waals surface area contributed by atoms with Gasteiger partial charge in [-0.2, -0.15) is 0 Å². The normalized spacial score (nSPS) is 10.8. The highest BCUT2D eigenvalue weighted by Gasteiger charge is 2.02. The van der Waals surface area contributed by atoms with E-state index in [1.165, 1.54) is 17.4 Å². The van der Waals surface area contributed by atoms with Crippen molar-refractivity contribution >= 4 is 22.8 Å². The van der Waals surface area contributed by atoms with Crippen LogP contribution in [0.1, 0.15) is 15.4 Å². The SMILES string of the molecule is Cc1oncc1NC=CC(=O)c1cccs1. The largest absolute Gasteiger partial charge is 0.359 e. The van der Waals surface area contributed by atoms with Crippen LogP contribution >= 0.6 is 11.3 Å². The Bertz CT molecular complexity index is 500. The molecule has 0 fully saturated rings. The summed E-state index contributed by atoms with van der Waals surface area (Å²) in [5.41, 5.74) is 0.759. The lowest BCUT2D eigenvalue weighted by atomic mass is 10.3. The smallest absolute Gasteiger partial charge is 0.197 e. The first kappa shape index (κ1) is 10.6. The van der Waals surface area contributed by atoms with E-state index in [9.17, 15) is 4.79 Å². The second-order valence-electron chi connectivity index (χ2n) is 3.11. The molecular formula is C11H10N2O2S. The molecule has 0 unspecified atom stereocenters. The third kappa shape index (κ3) is 2.38. The van der Waals surface area contributed by atoms with Crippen LogP contribution in [0.15, 0.2) is 40.5 Å². The zero-order valence-corrected chi connectivity index (χ0v) is 9.45. The van der Waals surface area contributed by atoms with Gasteiger partial charge >= 0.3 is 0 Å². The number of anilines is 1. The van der Waals surface area contributed by atoms with Crippen LogP contribution in [-0.2, 0) is 0 Å². The van der Waals surface area contributed by atoms with Crippen molar-refractivity contribution in [3.63, 3.8) is 0 Å². The van der Waals surface area contributed by atoms with Crippen molar-refractivity contribution in [1.82, 2.24) is 5.16 Å². The maximum absolute atomic E-state index is 11.6. The highest BCUT2D eigenvalue weighted by molar-refractivity contribution is 7.12. The van der Waals surface area contributed by atoms with Crippen LogP contribution < -0.4 is 5.32 Å². The average molecular weight is 234 g/mol. The lowest BCUT2D eigenvalue weighted by molar-refractivity contribution is 0.105. The van der Waals surface area contributed by atoms with E-state index in [2.05, 4.69) is 10.5 Å². The Morgan fingerprint density at radius 2 is 2.50 bits per heavy atom. The molecule has 0 spiro atoms. The summed E-state index contributed by atoms with van der Waals surface area (Å²) >= 11 is 1.42. The summed E-state index contributed by atoms with van der Waals surface area (Å²) in [4.78, 5) is 12.3. The number of nitrogens with zero attached hydrogens (tertiary/aromatic N) is 1. The molecule has 2 aromatic rings. The van der Waals surface area contributed by atoms with Crippen LogP contribution in [0.2, 0.25) is 0 Å². The Morgan fingerprint density at radius 3 is 3.12 bits per heavy atom. The summed E-state index contributed by atoms with van der Waals surface area (Å²) < 4.78 is 4.87. The highest BCUT2D eigenvalue weighted by atomic mass is 32.1. The predicted molar refractivity (Wildman–Crippen MR) is 62.7 cm³/mol. The van der Waals surface area contributed by atoms with Crippen molar-refractivity contribution in [1.29, 1.82) is 0 Å². The molecular weight excluding hydrogens is 224 g/mol. The van der Waals surface area contributed by atoms with E-state index in [0.717, 1.165) is 10.6 Å². The molecule has 2 aromatic heterocycles. The van der Waals surface area contributed by atoms with Crippen molar-refractivity contribution in [2.45, 2.75) is 6.92 Å². The summed E-state index contributed by atoms with van der Waals surface area (Å²) in [5, 5.41) is 8.42. The first-order valence-electron chi connectivity index (χ1n) is 4.69. The molecule has 2 rings (SSSR count). The second kappa shape index (κ2) is 4.76. The average Bonchev–Trinajstić information content (AvgIpc) is 2.90. The fourth-order valence-electron chi connectivity index (χ4n) is 1.15. The number of rotatable bonds is 4. The fraction of sp³-hybridized carbons (Fsp3) is 0.0909. The van der Waals surface area contributed by atoms with Crippen molar-refractivity contribution in [3.8, 4) is 0 Å². The molecule has 0 atom stereocenters. The molecule has 0 amide bonds. The number of allylic oxidation sites excluding steroid dienone is 1. The fourth-order valence-corrected chi connectivity index (χ4v) is 1.79. The molecule has 0 aliphatic rings. The van der Waals surface area contributed by atoms with Gasteiger partial charge in [0.25, 0.3) is 0 Å². The molecule has 0 aliphatic carbocycles. The van der Waals surface area contributed by atoms with Crippen molar-refractivity contribution < 1.29 is 9.32 Å². The minimum absolute atomic E-state index is 0.0170. The van der Waals surface area contributed by atoms with Crippen LogP contribution in [0, 0.1) is 6.92 Å². The molecule has 0 saturated heterocycles. The minimum Gasteiger partial charge on any atom is -0.359 e. The zero-order chi connectivity index (χ0) is 11.4. The van der Waals surface area contributed by atoms with Gasteiger partial charge in [0.05, 0.1) is 11.1 Å². The van der Waals surface area contributed by atoms with Crippen LogP contribution in [-0.4, -0.2) is 10.9 Å². The summed E-state index contributed by atoms with van der Waals surface area (Å²) in [5.74, 6) is 0.671. The monoisotopic (exact) mass is 234 g/mol. The van der Waals surface area contributed by atoms with Gasteiger partial charge in [-0.1, -0.05) is 11.2 Å². The standard InChI is InChI=1S/C11H10N2O2S/c1-8-9(7-13-15-8)12-5-4-10(14)11-3-2-6-16-11/h2-7,12H,1H3. The molecule has 4 nitrogen and oxygen atoms in total. The Hall–Kier alpha value is -1.88. The number of carbonyl (C=O) groups excluding carboxylic acids is 1. The second-order valence-corrected chi connectivity index (χ2v) is 4.06. The Morgan fingerprint density at radius 1 is 1.62 bits per heavy atom. The van der Waals surface area contributed by atoms with Crippen molar-refractivity contribution in [3.05, 3.63) is 46.6 Å². The molecule has 16 heavy (non-hydrogen) atoms. The van der Waals surface area contributed by atoms with E-state index in [1.807, 2.05) is 11.4 Å². The van der Waals surface area contributed by atoms with Crippen LogP contribution in [0.25, 0.3) is 0 Å². The van der Waals surface area contributed by atoms with E-state index < -0.39 is 0 Å². The predicted octanol–water partition coefficient (Wildman–Crippen LogP) is 2.85. The van der Waals surface area contributed by atoms with E-state index in [-0.39, 0.29) is 5.78 Å². The maximum Gasteiger partial charge on any atom is 0.197 e. The molecule has 0 bridgehead atoms. The van der Waals surface area contributed by atoms with Gasteiger partial charge in [0.15, 0.2) is 11.5 Å². The van der Waals surface area contributed by atoms with Gasteiger partial charge in [-0.25, -0.2) is 0 Å². The lowest BCUT2D eigenvalue weighted by Gasteiger charge is -1.94. The summed E-state index contributed by atoms with van der Waals surface area (Å²) in [6.07, 6.45) is 4.63. The molecule has 0 aliphatic heterocycles. The first-order chi connectivity index (χ1) is 7.77. The van der Waals surface area contributed by atoms with E-state index in [4.69, 9.17) is 4.52 Å². The van der Waals surface area contributed by atoms with Crippen LogP contribution in [0.4, 0.5) is 5.69 Å². The lowest BCUT2D eigenvalue weighted by Crippen LogP contribution is -1.93. The minimum atomic E-state index is -0.0170. The number of hydrogen-bond donors (Lipinski definition) is 1. The van der Waals surface area contributed by atoms with Gasteiger partial charge in [-0.15, -0.1) is 11.3 Å². The molecule has 0 radical (unpaired) electrons. The number of nitrogens with one attached hydrogen (secondary N) is 1. The maximum atomic E-state index is 11.6. The highest BCUT2D eigenvalue weighted by Crippen LogP contribution is 2.13. The molecule has 82 valence electrons. The molecule has 2 heterocycles. The molecule has 5 heteroatoms. The molecule has 0 aromatic carbocycles. The van der Waals surface area contributed by atoms with Gasteiger partial charge in [0.2, 0.25) is 0 Å². The molecule has 1 N–H and O–H groups in total. The van der Waals surface area contributed by atoms with Gasteiger partial charge in [0, 0.05) is 12.3 Å². The van der Waals surface area contributed by atoms with Crippen molar-refractivity contribution in [2.24, 2.45) is 0 Å². The number of thiophene rings is 1. The van der Waals surface area contributed by atoms with Gasteiger partial charge < -0.3 is 9.84 Å². The van der Waals surface area contributed by atoms with Gasteiger partial charge in [-0.3, -0.25) is 4.79 Å². The van der Waals surface area contributed by atoms with E-state index in [1.54, 1.807) is 25.4 Å². The van der Waals surface area contributed by atoms with Gasteiger partial charge in [0.1, 0.15) is 5.69 Å². The summed E-state index contributed by atoms with van der Waals surface area (Å²) in [6.45, 7) is 1.80. The van der Waals surface area contributed by atoms with Gasteiger partial charge in [-0.05, 0) is 18.4 Å². The van der Waals surface area contributed by atoms with Crippen LogP contribution in [0.5, 0.6) is 0 Å². The summed E-state index contributed by atoms with van der Waals surface area (Å²) in [6, 6.07) is 3.64. The number of aromatic nitrogens is 1. The quantitative estimate of drug-likeness (QED) is 0.652. The zero-order valence-electron chi connectivity index (χ0n) is 8.64. The Balaban J connectivity index is 1.96. The topological polar surface area (TPSA) is 55.1 Å². The van der Waals surface area contributed by atoms with Crippen LogP contribution in [0.3, 0.4) is 0 Å². The Kier molecular flexibility index (Phi) is 3.16. The molecule has 0 saturated carbocycles. The number of ketones is 1. The summed E-state index contributed by atoms with van der Waals surface area (Å²) in [7, 11) is 0.